The zero-order valence-electron chi connectivity index (χ0n) is 14.9. The Hall–Kier alpha value is -2.16. The Bertz CT molecular complexity index is 849. The van der Waals surface area contributed by atoms with Gasteiger partial charge >= 0.3 is 0 Å². The zero-order valence-corrected chi connectivity index (χ0v) is 15.7. The summed E-state index contributed by atoms with van der Waals surface area (Å²) in [6, 6.07) is 10.6. The fraction of sp³-hybridized carbons (Fsp3) is 0.429. The SMILES string of the molecule is CCc1cnc(N2[C@@H](C#N)[C@@H](c3ccc(C4=CCCC4)cc3)[C@@H]2CO)s1. The van der Waals surface area contributed by atoms with Gasteiger partial charge in [0.25, 0.3) is 0 Å². The predicted octanol–water partition coefficient (Wildman–Crippen LogP) is 4.13. The van der Waals surface area contributed by atoms with Crippen LogP contribution >= 0.6 is 11.3 Å². The first kappa shape index (κ1) is 17.3. The molecule has 0 radical (unpaired) electrons. The average molecular weight is 366 g/mol. The molecule has 4 rings (SSSR count). The molecule has 134 valence electrons. The monoisotopic (exact) mass is 365 g/mol. The van der Waals surface area contributed by atoms with Crippen molar-refractivity contribution in [2.75, 3.05) is 11.5 Å². The van der Waals surface area contributed by atoms with Gasteiger partial charge in [-0.2, -0.15) is 5.26 Å². The number of hydrogen-bond donors (Lipinski definition) is 1. The van der Waals surface area contributed by atoms with E-state index in [4.69, 9.17) is 0 Å². The van der Waals surface area contributed by atoms with Crippen molar-refractivity contribution in [2.24, 2.45) is 0 Å². The summed E-state index contributed by atoms with van der Waals surface area (Å²) in [6.07, 6.45) is 8.70. The molecule has 1 saturated heterocycles. The largest absolute Gasteiger partial charge is 0.394 e. The maximum Gasteiger partial charge on any atom is 0.186 e. The third-order valence-electron chi connectivity index (χ3n) is 5.55. The van der Waals surface area contributed by atoms with Gasteiger partial charge in [0.15, 0.2) is 5.13 Å². The Morgan fingerprint density at radius 1 is 1.35 bits per heavy atom. The molecule has 0 amide bonds. The van der Waals surface area contributed by atoms with Crippen molar-refractivity contribution in [3.63, 3.8) is 0 Å². The highest BCUT2D eigenvalue weighted by molar-refractivity contribution is 7.15. The highest BCUT2D eigenvalue weighted by atomic mass is 32.1. The second-order valence-corrected chi connectivity index (χ2v) is 8.06. The minimum absolute atomic E-state index is 0.0191. The second-order valence-electron chi connectivity index (χ2n) is 6.96. The fourth-order valence-corrected chi connectivity index (χ4v) is 5.05. The van der Waals surface area contributed by atoms with E-state index in [0.29, 0.717) is 0 Å². The third kappa shape index (κ3) is 2.84. The maximum absolute atomic E-state index is 9.97. The summed E-state index contributed by atoms with van der Waals surface area (Å²) >= 11 is 1.62. The molecule has 4 nitrogen and oxygen atoms in total. The average Bonchev–Trinajstić information content (AvgIpc) is 3.34. The molecule has 2 heterocycles. The summed E-state index contributed by atoms with van der Waals surface area (Å²) in [5.74, 6) is 0.0191. The van der Waals surface area contributed by atoms with Crippen LogP contribution in [0.4, 0.5) is 5.13 Å². The lowest BCUT2D eigenvalue weighted by Crippen LogP contribution is -2.63. The first-order valence-electron chi connectivity index (χ1n) is 9.29. The molecule has 26 heavy (non-hydrogen) atoms. The van der Waals surface area contributed by atoms with Crippen LogP contribution in [0.5, 0.6) is 0 Å². The van der Waals surface area contributed by atoms with Crippen molar-refractivity contribution in [2.45, 2.75) is 50.6 Å². The molecule has 2 aliphatic rings. The van der Waals surface area contributed by atoms with Crippen LogP contribution in [-0.2, 0) is 6.42 Å². The van der Waals surface area contributed by atoms with E-state index in [1.54, 1.807) is 11.3 Å². The topological polar surface area (TPSA) is 60.2 Å². The summed E-state index contributed by atoms with van der Waals surface area (Å²) in [6.45, 7) is 2.12. The van der Waals surface area contributed by atoms with Crippen LogP contribution in [0.3, 0.4) is 0 Å². The summed E-state index contributed by atoms with van der Waals surface area (Å²) < 4.78 is 0. The molecular weight excluding hydrogens is 342 g/mol. The molecule has 1 aromatic carbocycles. The van der Waals surface area contributed by atoms with Gasteiger partial charge in [-0.3, -0.25) is 0 Å². The minimum Gasteiger partial charge on any atom is -0.394 e. The fourth-order valence-electron chi connectivity index (χ4n) is 4.10. The lowest BCUT2D eigenvalue weighted by molar-refractivity contribution is 0.187. The molecule has 2 aromatic rings. The van der Waals surface area contributed by atoms with Crippen molar-refractivity contribution >= 4 is 22.0 Å². The van der Waals surface area contributed by atoms with E-state index in [9.17, 15) is 10.4 Å². The molecule has 1 N–H and O–H groups in total. The maximum atomic E-state index is 9.97. The Balaban J connectivity index is 1.59. The summed E-state index contributed by atoms with van der Waals surface area (Å²) in [4.78, 5) is 7.66. The van der Waals surface area contributed by atoms with E-state index in [0.717, 1.165) is 23.5 Å². The molecule has 1 fully saturated rings. The van der Waals surface area contributed by atoms with Gasteiger partial charge in [-0.15, -0.1) is 11.3 Å². The van der Waals surface area contributed by atoms with Crippen LogP contribution in [0.2, 0.25) is 0 Å². The molecular formula is C21H23N3OS. The van der Waals surface area contributed by atoms with Gasteiger partial charge in [-0.25, -0.2) is 4.98 Å². The van der Waals surface area contributed by atoms with Gasteiger partial charge in [0.2, 0.25) is 0 Å². The minimum atomic E-state index is -0.278. The van der Waals surface area contributed by atoms with E-state index in [1.807, 2.05) is 11.1 Å². The Labute approximate surface area is 158 Å². The quantitative estimate of drug-likeness (QED) is 0.865. The third-order valence-corrected chi connectivity index (χ3v) is 6.70. The molecule has 0 saturated carbocycles. The summed E-state index contributed by atoms with van der Waals surface area (Å²) in [5.41, 5.74) is 3.84. The van der Waals surface area contributed by atoms with E-state index < -0.39 is 0 Å². The number of benzene rings is 1. The number of nitriles is 1. The molecule has 0 spiro atoms. The standard InChI is InChI=1S/C21H23N3OS/c1-2-17-12-23-21(26-17)24-18(11-22)20(19(24)13-25)16-9-7-15(8-10-16)14-5-3-4-6-14/h5,7-10,12,18-20,25H,2-4,6,13H2,1H3/t18-,19-,20+/m0/s1. The van der Waals surface area contributed by atoms with Crippen molar-refractivity contribution < 1.29 is 5.11 Å². The second kappa shape index (κ2) is 7.22. The van der Waals surface area contributed by atoms with Gasteiger partial charge in [-0.05, 0) is 42.4 Å². The number of aliphatic hydroxyl groups excluding tert-OH is 1. The molecule has 3 atom stereocenters. The normalized spacial score (nSPS) is 24.9. The Morgan fingerprint density at radius 3 is 2.73 bits per heavy atom. The Morgan fingerprint density at radius 2 is 2.15 bits per heavy atom. The first-order chi connectivity index (χ1) is 12.8. The Kier molecular flexibility index (Phi) is 4.80. The van der Waals surface area contributed by atoms with Crippen LogP contribution in [0.1, 0.15) is 48.1 Å². The number of allylic oxidation sites excluding steroid dienone is 2. The van der Waals surface area contributed by atoms with Crippen LogP contribution < -0.4 is 4.90 Å². The number of aryl methyl sites for hydroxylation is 1. The number of hydrogen-bond acceptors (Lipinski definition) is 5. The number of anilines is 1. The van der Waals surface area contributed by atoms with Crippen LogP contribution in [0.25, 0.3) is 5.57 Å². The van der Waals surface area contributed by atoms with Crippen LogP contribution in [0, 0.1) is 11.3 Å². The molecule has 0 unspecified atom stereocenters. The molecule has 5 heteroatoms. The van der Waals surface area contributed by atoms with E-state index in [2.05, 4.69) is 48.3 Å². The van der Waals surface area contributed by atoms with E-state index >= 15 is 0 Å². The molecule has 1 aliphatic carbocycles. The van der Waals surface area contributed by atoms with Crippen molar-refractivity contribution in [1.82, 2.24) is 4.98 Å². The summed E-state index contributed by atoms with van der Waals surface area (Å²) in [7, 11) is 0. The van der Waals surface area contributed by atoms with Crippen molar-refractivity contribution in [3.05, 3.63) is 52.5 Å². The lowest BCUT2D eigenvalue weighted by Gasteiger charge is -2.51. The smallest absolute Gasteiger partial charge is 0.186 e. The van der Waals surface area contributed by atoms with E-state index in [-0.39, 0.29) is 24.6 Å². The highest BCUT2D eigenvalue weighted by Gasteiger charge is 2.50. The number of aromatic nitrogens is 1. The number of nitrogens with zero attached hydrogens (tertiary/aromatic N) is 3. The van der Waals surface area contributed by atoms with Crippen molar-refractivity contribution in [1.29, 1.82) is 5.26 Å². The number of rotatable bonds is 5. The van der Waals surface area contributed by atoms with Gasteiger partial charge in [0.1, 0.15) is 6.04 Å². The highest BCUT2D eigenvalue weighted by Crippen LogP contribution is 2.45. The van der Waals surface area contributed by atoms with Gasteiger partial charge in [-0.1, -0.05) is 37.3 Å². The van der Waals surface area contributed by atoms with Gasteiger partial charge in [0.05, 0.1) is 18.7 Å². The number of aliphatic hydroxyl groups is 1. The summed E-state index contributed by atoms with van der Waals surface area (Å²) in [5, 5.41) is 20.6. The van der Waals surface area contributed by atoms with Crippen LogP contribution in [0.15, 0.2) is 36.5 Å². The van der Waals surface area contributed by atoms with E-state index in [1.165, 1.54) is 28.9 Å². The molecule has 1 aromatic heterocycles. The molecule has 0 bridgehead atoms. The molecule has 1 aliphatic heterocycles. The number of thiazole rings is 1. The zero-order chi connectivity index (χ0) is 18.1. The van der Waals surface area contributed by atoms with Gasteiger partial charge < -0.3 is 10.0 Å². The van der Waals surface area contributed by atoms with Crippen LogP contribution in [-0.4, -0.2) is 28.8 Å². The van der Waals surface area contributed by atoms with Crippen molar-refractivity contribution in [3.8, 4) is 6.07 Å². The first-order valence-corrected chi connectivity index (χ1v) is 10.1. The lowest BCUT2D eigenvalue weighted by atomic mass is 9.76. The predicted molar refractivity (Wildman–Crippen MR) is 105 cm³/mol. The van der Waals surface area contributed by atoms with Gasteiger partial charge in [0, 0.05) is 17.0 Å².